The zero-order chi connectivity index (χ0) is 31.2. The minimum atomic E-state index is -4.55. The highest BCUT2D eigenvalue weighted by Crippen LogP contribution is 2.35. The van der Waals surface area contributed by atoms with Crippen LogP contribution in [-0.4, -0.2) is 78.7 Å². The van der Waals surface area contributed by atoms with Gasteiger partial charge in [0.1, 0.15) is 11.4 Å². The van der Waals surface area contributed by atoms with Crippen molar-refractivity contribution >= 4 is 27.7 Å². The predicted octanol–water partition coefficient (Wildman–Crippen LogP) is 4.29. The van der Waals surface area contributed by atoms with E-state index in [1.54, 1.807) is 12.2 Å². The lowest BCUT2D eigenvalue weighted by Crippen LogP contribution is -2.50. The van der Waals surface area contributed by atoms with Crippen LogP contribution in [0.25, 0.3) is 0 Å². The van der Waals surface area contributed by atoms with Crippen LogP contribution in [0.2, 0.25) is 0 Å². The summed E-state index contributed by atoms with van der Waals surface area (Å²) in [6.07, 6.45) is -0.985. The number of halogens is 5. The standard InChI is InChI=1S/C29H33F5N4O4S/c1-19-17-22(25(39)37-12-10-28(30,31)11-13-37)6-5-20(19)7-16-43(41,42)38-14-8-27(9-15-38)26(40)35-24(36-27)21-3-2-4-23(18-21)29(32,33)34/h2-6,18,22H,7-17H2,1H3,(H,35,36,40). The molecule has 2 saturated heterocycles. The molecule has 0 bridgehead atoms. The molecule has 8 nitrogen and oxygen atoms in total. The van der Waals surface area contributed by atoms with Crippen LogP contribution in [0.1, 0.15) is 56.6 Å². The Bertz CT molecular complexity index is 1480. The first kappa shape index (κ1) is 31.3. The number of carbonyl (C=O) groups excluding carboxylic acids is 2. The summed E-state index contributed by atoms with van der Waals surface area (Å²) < 4.78 is 94.0. The number of benzene rings is 1. The second kappa shape index (κ2) is 11.4. The van der Waals surface area contributed by atoms with Crippen LogP contribution >= 0.6 is 0 Å². The maximum Gasteiger partial charge on any atom is 0.416 e. The zero-order valence-corrected chi connectivity index (χ0v) is 24.4. The lowest BCUT2D eigenvalue weighted by molar-refractivity contribution is -0.140. The first-order valence-electron chi connectivity index (χ1n) is 14.2. The molecular formula is C29H33F5N4O4S. The molecule has 234 valence electrons. The summed E-state index contributed by atoms with van der Waals surface area (Å²) in [6.45, 7) is 1.93. The number of alkyl halides is 5. The lowest BCUT2D eigenvalue weighted by Gasteiger charge is -2.35. The van der Waals surface area contributed by atoms with Crippen LogP contribution in [0, 0.1) is 5.92 Å². The summed E-state index contributed by atoms with van der Waals surface area (Å²) >= 11 is 0. The molecule has 3 aliphatic heterocycles. The van der Waals surface area contributed by atoms with Crippen molar-refractivity contribution in [1.29, 1.82) is 0 Å². The SMILES string of the molecule is CC1=C(CCS(=O)(=O)N2CCC3(CC2)N=C(c2cccc(C(F)(F)F)c2)NC3=O)C=CC(C(=O)N2CCC(F)(F)CC2)C1. The van der Waals surface area contributed by atoms with E-state index in [0.29, 0.717) is 6.42 Å². The van der Waals surface area contributed by atoms with E-state index < -0.39 is 45.0 Å². The summed E-state index contributed by atoms with van der Waals surface area (Å²) in [6, 6.07) is 4.51. The Balaban J connectivity index is 1.16. The molecule has 2 amide bonds. The zero-order valence-electron chi connectivity index (χ0n) is 23.6. The smallest absolute Gasteiger partial charge is 0.342 e. The van der Waals surface area contributed by atoms with Crippen molar-refractivity contribution in [2.75, 3.05) is 31.9 Å². The van der Waals surface area contributed by atoms with Gasteiger partial charge in [0.25, 0.3) is 11.8 Å². The molecule has 1 aliphatic carbocycles. The minimum absolute atomic E-state index is 0.0146. The van der Waals surface area contributed by atoms with E-state index in [1.165, 1.54) is 21.3 Å². The van der Waals surface area contributed by atoms with Gasteiger partial charge in [-0.1, -0.05) is 29.9 Å². The van der Waals surface area contributed by atoms with Gasteiger partial charge in [-0.05, 0) is 50.3 Å². The van der Waals surface area contributed by atoms with Crippen molar-refractivity contribution in [2.45, 2.75) is 63.1 Å². The van der Waals surface area contributed by atoms with Gasteiger partial charge in [0.05, 0.1) is 17.2 Å². The molecule has 2 fully saturated rings. The highest BCUT2D eigenvalue weighted by atomic mass is 32.2. The first-order valence-corrected chi connectivity index (χ1v) is 15.8. The summed E-state index contributed by atoms with van der Waals surface area (Å²) in [7, 11) is -3.70. The molecule has 1 unspecified atom stereocenters. The Kier molecular flexibility index (Phi) is 8.31. The fourth-order valence-corrected chi connectivity index (χ4v) is 7.47. The molecule has 43 heavy (non-hydrogen) atoms. The van der Waals surface area contributed by atoms with Gasteiger partial charge in [-0.25, -0.2) is 21.5 Å². The Labute approximate surface area is 246 Å². The molecule has 1 aromatic carbocycles. The number of piperidine rings is 2. The molecule has 1 aromatic rings. The van der Waals surface area contributed by atoms with Crippen LogP contribution in [0.4, 0.5) is 22.0 Å². The Morgan fingerprint density at radius 1 is 1.09 bits per heavy atom. The van der Waals surface area contributed by atoms with E-state index in [0.717, 1.165) is 23.3 Å². The van der Waals surface area contributed by atoms with Crippen LogP contribution in [0.3, 0.4) is 0 Å². The summed E-state index contributed by atoms with van der Waals surface area (Å²) in [5, 5.41) is 2.57. The van der Waals surface area contributed by atoms with E-state index in [-0.39, 0.29) is 81.3 Å². The van der Waals surface area contributed by atoms with Gasteiger partial charge in [0, 0.05) is 44.6 Å². The molecule has 0 radical (unpaired) electrons. The highest BCUT2D eigenvalue weighted by molar-refractivity contribution is 7.89. The number of hydrogen-bond acceptors (Lipinski definition) is 5. The molecule has 3 heterocycles. The molecule has 0 aromatic heterocycles. The highest BCUT2D eigenvalue weighted by Gasteiger charge is 2.47. The third-order valence-electron chi connectivity index (χ3n) is 8.74. The second-order valence-electron chi connectivity index (χ2n) is 11.6. The molecule has 5 rings (SSSR count). The molecular weight excluding hydrogens is 595 g/mol. The monoisotopic (exact) mass is 628 g/mol. The Morgan fingerprint density at radius 3 is 2.40 bits per heavy atom. The van der Waals surface area contributed by atoms with Crippen molar-refractivity contribution in [2.24, 2.45) is 10.9 Å². The number of amidine groups is 1. The number of nitrogens with zero attached hydrogens (tertiary/aromatic N) is 3. The summed E-state index contributed by atoms with van der Waals surface area (Å²) in [4.78, 5) is 31.6. The minimum Gasteiger partial charge on any atom is -0.342 e. The number of aliphatic imine (C=N–C) groups is 1. The van der Waals surface area contributed by atoms with E-state index in [9.17, 15) is 40.0 Å². The maximum absolute atomic E-state index is 13.5. The van der Waals surface area contributed by atoms with Gasteiger partial charge in [-0.15, -0.1) is 0 Å². The van der Waals surface area contributed by atoms with Crippen LogP contribution in [0.15, 0.2) is 52.6 Å². The van der Waals surface area contributed by atoms with Crippen LogP contribution in [-0.2, 0) is 25.8 Å². The van der Waals surface area contributed by atoms with Crippen molar-refractivity contribution in [3.05, 3.63) is 58.7 Å². The van der Waals surface area contributed by atoms with Crippen LogP contribution < -0.4 is 5.32 Å². The molecule has 1 spiro atoms. The number of amides is 2. The van der Waals surface area contributed by atoms with Crippen molar-refractivity contribution in [3.63, 3.8) is 0 Å². The number of nitrogens with one attached hydrogen (secondary N) is 1. The number of sulfonamides is 1. The van der Waals surface area contributed by atoms with E-state index >= 15 is 0 Å². The average molecular weight is 629 g/mol. The van der Waals surface area contributed by atoms with E-state index in [1.807, 2.05) is 6.92 Å². The first-order chi connectivity index (χ1) is 20.1. The fourth-order valence-electron chi connectivity index (χ4n) is 6.00. The molecule has 4 aliphatic rings. The predicted molar refractivity (Wildman–Crippen MR) is 149 cm³/mol. The van der Waals surface area contributed by atoms with Gasteiger partial charge >= 0.3 is 6.18 Å². The van der Waals surface area contributed by atoms with Crippen LogP contribution in [0.5, 0.6) is 0 Å². The van der Waals surface area contributed by atoms with Gasteiger partial charge < -0.3 is 10.2 Å². The van der Waals surface area contributed by atoms with Gasteiger partial charge in [-0.2, -0.15) is 13.2 Å². The van der Waals surface area contributed by atoms with Crippen molar-refractivity contribution in [1.82, 2.24) is 14.5 Å². The number of hydrogen-bond donors (Lipinski definition) is 1. The summed E-state index contributed by atoms with van der Waals surface area (Å²) in [5.41, 5.74) is -0.307. The second-order valence-corrected chi connectivity index (χ2v) is 13.7. The maximum atomic E-state index is 13.5. The molecule has 1 atom stereocenters. The Morgan fingerprint density at radius 2 is 1.77 bits per heavy atom. The molecule has 14 heteroatoms. The quantitative estimate of drug-likeness (QED) is 0.476. The van der Waals surface area contributed by atoms with E-state index in [2.05, 4.69) is 10.3 Å². The van der Waals surface area contributed by atoms with Gasteiger partial charge in [0.15, 0.2) is 0 Å². The van der Waals surface area contributed by atoms with Crippen molar-refractivity contribution < 1.29 is 40.0 Å². The number of likely N-dealkylation sites (tertiary alicyclic amines) is 1. The normalized spacial score (nSPS) is 24.3. The third kappa shape index (κ3) is 6.69. The number of rotatable bonds is 6. The number of carbonyl (C=O) groups is 2. The number of allylic oxidation sites excluding steroid dienone is 3. The van der Waals surface area contributed by atoms with Gasteiger partial charge in [0.2, 0.25) is 15.9 Å². The topological polar surface area (TPSA) is 99.1 Å². The molecule has 1 N–H and O–H groups in total. The summed E-state index contributed by atoms with van der Waals surface area (Å²) in [5.74, 6) is -4.02. The Hall–Kier alpha value is -3.13. The largest absolute Gasteiger partial charge is 0.416 e. The van der Waals surface area contributed by atoms with Gasteiger partial charge in [-0.3, -0.25) is 14.6 Å². The van der Waals surface area contributed by atoms with Crippen molar-refractivity contribution in [3.8, 4) is 0 Å². The average Bonchev–Trinajstić information content (AvgIpc) is 3.27. The lowest BCUT2D eigenvalue weighted by atomic mass is 9.88. The molecule has 0 saturated carbocycles. The fraction of sp³-hybridized carbons (Fsp3) is 0.552. The van der Waals surface area contributed by atoms with E-state index in [4.69, 9.17) is 0 Å². The third-order valence-corrected chi connectivity index (χ3v) is 10.6.